The van der Waals surface area contributed by atoms with Crippen molar-refractivity contribution >= 4 is 0 Å². The van der Waals surface area contributed by atoms with Crippen molar-refractivity contribution in [3.63, 3.8) is 0 Å². The van der Waals surface area contributed by atoms with Crippen molar-refractivity contribution in [3.05, 3.63) is 48.0 Å². The number of fused-ring (bicyclic) bond motifs is 2. The predicted molar refractivity (Wildman–Crippen MR) is 101 cm³/mol. The van der Waals surface area contributed by atoms with Crippen LogP contribution in [0.1, 0.15) is 5.56 Å². The standard InChI is InChI=1S/C21H23NO6/c22-16-17-5-6-20-21(15-17)28-14-10-24-8-12-26-19-4-2-1-3-18(19)25-11-7-23-9-13-27-20/h1-6,15H,7-14H2. The Labute approximate surface area is 164 Å². The van der Waals surface area contributed by atoms with Crippen LogP contribution in [-0.2, 0) is 9.47 Å². The van der Waals surface area contributed by atoms with Crippen molar-refractivity contribution in [2.75, 3.05) is 52.9 Å². The lowest BCUT2D eigenvalue weighted by molar-refractivity contribution is 0.0640. The van der Waals surface area contributed by atoms with Gasteiger partial charge in [-0.1, -0.05) is 12.1 Å². The molecule has 1 aliphatic heterocycles. The maximum absolute atomic E-state index is 9.08. The summed E-state index contributed by atoms with van der Waals surface area (Å²) in [6.45, 7) is 3.14. The maximum atomic E-state index is 9.08. The molecular weight excluding hydrogens is 362 g/mol. The minimum atomic E-state index is 0.335. The van der Waals surface area contributed by atoms with Gasteiger partial charge >= 0.3 is 0 Å². The average Bonchev–Trinajstić information content (AvgIpc) is 2.73. The highest BCUT2D eigenvalue weighted by molar-refractivity contribution is 5.46. The second-order valence-electron chi connectivity index (χ2n) is 5.84. The van der Waals surface area contributed by atoms with Crippen molar-refractivity contribution in [2.24, 2.45) is 0 Å². The molecule has 148 valence electrons. The lowest BCUT2D eigenvalue weighted by atomic mass is 10.2. The molecule has 0 atom stereocenters. The summed E-state index contributed by atoms with van der Waals surface area (Å²) >= 11 is 0. The summed E-state index contributed by atoms with van der Waals surface area (Å²) in [6.07, 6.45) is 0. The van der Waals surface area contributed by atoms with E-state index in [1.165, 1.54) is 0 Å². The van der Waals surface area contributed by atoms with Crippen molar-refractivity contribution in [1.82, 2.24) is 0 Å². The van der Waals surface area contributed by atoms with E-state index >= 15 is 0 Å². The highest BCUT2D eigenvalue weighted by atomic mass is 16.6. The lowest BCUT2D eigenvalue weighted by Crippen LogP contribution is -2.15. The number of rotatable bonds is 0. The second-order valence-corrected chi connectivity index (χ2v) is 5.84. The number of hydrogen-bond donors (Lipinski definition) is 0. The fourth-order valence-electron chi connectivity index (χ4n) is 2.54. The maximum Gasteiger partial charge on any atom is 0.162 e. The summed E-state index contributed by atoms with van der Waals surface area (Å²) in [5, 5.41) is 9.08. The average molecular weight is 385 g/mol. The van der Waals surface area contributed by atoms with Gasteiger partial charge in [-0.25, -0.2) is 0 Å². The Morgan fingerprint density at radius 1 is 0.571 bits per heavy atom. The molecule has 3 rings (SSSR count). The molecule has 1 aliphatic rings. The number of hydrogen-bond acceptors (Lipinski definition) is 7. The van der Waals surface area contributed by atoms with E-state index in [9.17, 15) is 0 Å². The van der Waals surface area contributed by atoms with Gasteiger partial charge in [0.15, 0.2) is 23.0 Å². The topological polar surface area (TPSA) is 79.2 Å². The first kappa shape index (κ1) is 19.8. The van der Waals surface area contributed by atoms with Crippen LogP contribution in [0, 0.1) is 11.3 Å². The Bertz CT molecular complexity index is 789. The van der Waals surface area contributed by atoms with Crippen LogP contribution in [-0.4, -0.2) is 52.9 Å². The van der Waals surface area contributed by atoms with Gasteiger partial charge in [0, 0.05) is 6.07 Å². The molecule has 2 aromatic carbocycles. The fraction of sp³-hybridized carbons (Fsp3) is 0.381. The van der Waals surface area contributed by atoms with Gasteiger partial charge in [-0.2, -0.15) is 5.26 Å². The zero-order valence-electron chi connectivity index (χ0n) is 15.6. The third kappa shape index (κ3) is 6.05. The summed E-state index contributed by atoms with van der Waals surface area (Å²) in [7, 11) is 0. The monoisotopic (exact) mass is 385 g/mol. The van der Waals surface area contributed by atoms with E-state index in [2.05, 4.69) is 6.07 Å². The van der Waals surface area contributed by atoms with Crippen LogP contribution in [0.5, 0.6) is 23.0 Å². The van der Waals surface area contributed by atoms with Crippen LogP contribution in [0.3, 0.4) is 0 Å². The van der Waals surface area contributed by atoms with Gasteiger partial charge < -0.3 is 28.4 Å². The van der Waals surface area contributed by atoms with E-state index in [0.717, 1.165) is 0 Å². The van der Waals surface area contributed by atoms with E-state index in [0.29, 0.717) is 81.4 Å². The highest BCUT2D eigenvalue weighted by Gasteiger charge is 2.08. The number of para-hydroxylation sites is 2. The Balaban J connectivity index is 1.60. The molecule has 0 saturated heterocycles. The molecule has 0 amide bonds. The molecule has 0 radical (unpaired) electrons. The molecule has 7 heteroatoms. The third-order valence-electron chi connectivity index (χ3n) is 3.86. The van der Waals surface area contributed by atoms with E-state index in [1.807, 2.05) is 24.3 Å². The van der Waals surface area contributed by atoms with Crippen molar-refractivity contribution in [2.45, 2.75) is 0 Å². The SMILES string of the molecule is N#Cc1ccc2c(c1)OCCOCCOc1ccccc1OCCOCCO2. The number of ether oxygens (including phenoxy) is 6. The third-order valence-corrected chi connectivity index (χ3v) is 3.86. The minimum absolute atomic E-state index is 0.335. The molecule has 0 N–H and O–H groups in total. The van der Waals surface area contributed by atoms with Gasteiger partial charge in [-0.05, 0) is 24.3 Å². The molecule has 2 aromatic rings. The van der Waals surface area contributed by atoms with Crippen LogP contribution >= 0.6 is 0 Å². The Hall–Kier alpha value is -2.95. The van der Waals surface area contributed by atoms with Crippen molar-refractivity contribution < 1.29 is 28.4 Å². The largest absolute Gasteiger partial charge is 0.487 e. The first-order chi connectivity index (χ1) is 13.9. The Kier molecular flexibility index (Phi) is 7.79. The molecule has 0 spiro atoms. The zero-order chi connectivity index (χ0) is 19.4. The first-order valence-corrected chi connectivity index (χ1v) is 9.16. The number of nitrogens with zero attached hydrogens (tertiary/aromatic N) is 1. The fourth-order valence-corrected chi connectivity index (χ4v) is 2.54. The molecule has 1 heterocycles. The predicted octanol–water partition coefficient (Wildman–Crippen LogP) is 2.82. The van der Waals surface area contributed by atoms with E-state index < -0.39 is 0 Å². The quantitative estimate of drug-likeness (QED) is 0.690. The Morgan fingerprint density at radius 3 is 1.54 bits per heavy atom. The van der Waals surface area contributed by atoms with Crippen LogP contribution < -0.4 is 18.9 Å². The number of nitriles is 1. The van der Waals surface area contributed by atoms with Crippen molar-refractivity contribution in [3.8, 4) is 29.1 Å². The Morgan fingerprint density at radius 2 is 1.04 bits per heavy atom. The first-order valence-electron chi connectivity index (χ1n) is 9.16. The van der Waals surface area contributed by atoms with Gasteiger partial charge in [0.05, 0.1) is 38.1 Å². The molecule has 0 aliphatic carbocycles. The van der Waals surface area contributed by atoms with Crippen LogP contribution in [0.2, 0.25) is 0 Å². The summed E-state index contributed by atoms with van der Waals surface area (Å²) in [5.74, 6) is 2.42. The van der Waals surface area contributed by atoms with Crippen LogP contribution in [0.25, 0.3) is 0 Å². The molecule has 0 saturated carbocycles. The molecule has 0 aromatic heterocycles. The van der Waals surface area contributed by atoms with Gasteiger partial charge in [0.1, 0.15) is 26.4 Å². The van der Waals surface area contributed by atoms with E-state index in [4.69, 9.17) is 33.7 Å². The van der Waals surface area contributed by atoms with E-state index in [-0.39, 0.29) is 0 Å². The number of benzene rings is 2. The second kappa shape index (κ2) is 11.0. The lowest BCUT2D eigenvalue weighted by Gasteiger charge is -2.15. The smallest absolute Gasteiger partial charge is 0.162 e. The van der Waals surface area contributed by atoms with Crippen LogP contribution in [0.15, 0.2) is 42.5 Å². The van der Waals surface area contributed by atoms with Gasteiger partial charge in [0.2, 0.25) is 0 Å². The van der Waals surface area contributed by atoms with Crippen LogP contribution in [0.4, 0.5) is 0 Å². The van der Waals surface area contributed by atoms with Gasteiger partial charge in [-0.15, -0.1) is 0 Å². The summed E-state index contributed by atoms with van der Waals surface area (Å²) in [5.41, 5.74) is 0.505. The molecular formula is C21H23NO6. The van der Waals surface area contributed by atoms with Gasteiger partial charge in [0.25, 0.3) is 0 Å². The molecule has 0 bridgehead atoms. The molecule has 0 fully saturated rings. The summed E-state index contributed by atoms with van der Waals surface area (Å²) in [6, 6.07) is 14.7. The summed E-state index contributed by atoms with van der Waals surface area (Å²) < 4.78 is 34.0. The van der Waals surface area contributed by atoms with E-state index in [1.54, 1.807) is 18.2 Å². The summed E-state index contributed by atoms with van der Waals surface area (Å²) in [4.78, 5) is 0. The highest BCUT2D eigenvalue weighted by Crippen LogP contribution is 2.28. The zero-order valence-corrected chi connectivity index (χ0v) is 15.6. The normalized spacial score (nSPS) is 16.2. The van der Waals surface area contributed by atoms with Gasteiger partial charge in [-0.3, -0.25) is 0 Å². The minimum Gasteiger partial charge on any atom is -0.487 e. The molecule has 7 nitrogen and oxygen atoms in total. The molecule has 28 heavy (non-hydrogen) atoms. The molecule has 0 unspecified atom stereocenters. The van der Waals surface area contributed by atoms with Crippen molar-refractivity contribution in [1.29, 1.82) is 5.26 Å².